The zero-order valence-corrected chi connectivity index (χ0v) is 15.1. The summed E-state index contributed by atoms with van der Waals surface area (Å²) in [6.45, 7) is 0.585. The van der Waals surface area contributed by atoms with Crippen LogP contribution >= 0.6 is 11.3 Å². The Kier molecular flexibility index (Phi) is 6.38. The highest BCUT2D eigenvalue weighted by Crippen LogP contribution is 2.18. The van der Waals surface area contributed by atoms with Crippen molar-refractivity contribution in [1.29, 1.82) is 0 Å². The van der Waals surface area contributed by atoms with Gasteiger partial charge in [-0.15, -0.1) is 11.3 Å². The molecule has 6 nitrogen and oxygen atoms in total. The predicted molar refractivity (Wildman–Crippen MR) is 101 cm³/mol. The van der Waals surface area contributed by atoms with Gasteiger partial charge in [-0.05, 0) is 43.0 Å². The maximum atomic E-state index is 11.7. The van der Waals surface area contributed by atoms with Gasteiger partial charge in [0, 0.05) is 24.0 Å². The van der Waals surface area contributed by atoms with Crippen LogP contribution in [0.15, 0.2) is 41.2 Å². The number of hydrogen-bond acceptors (Lipinski definition) is 5. The van der Waals surface area contributed by atoms with Gasteiger partial charge in [-0.3, -0.25) is 9.59 Å². The van der Waals surface area contributed by atoms with Crippen LogP contribution in [0.25, 0.3) is 6.08 Å². The van der Waals surface area contributed by atoms with Crippen molar-refractivity contribution >= 4 is 29.2 Å². The minimum absolute atomic E-state index is 0.0389. The third-order valence-electron chi connectivity index (χ3n) is 3.81. The van der Waals surface area contributed by atoms with E-state index in [2.05, 4.69) is 15.6 Å². The van der Waals surface area contributed by atoms with E-state index < -0.39 is 0 Å². The van der Waals surface area contributed by atoms with Crippen molar-refractivity contribution in [2.75, 3.05) is 13.2 Å². The first-order chi connectivity index (χ1) is 12.7. The Morgan fingerprint density at radius 1 is 1.27 bits per heavy atom. The molecule has 3 rings (SSSR count). The third kappa shape index (κ3) is 6.33. The molecule has 0 radical (unpaired) electrons. The molecule has 7 heteroatoms. The molecule has 136 valence electrons. The standard InChI is InChI=1S/C19H21N3O3S/c23-18(8-5-16-12-26-13-21-16)20-10-9-14-1-6-17(7-2-14)25-11-19(24)22-15-3-4-15/h1-2,5-8,12-13,15H,3-4,9-11H2,(H,20,23)(H,22,24)/b8-5+. The maximum Gasteiger partial charge on any atom is 0.258 e. The topological polar surface area (TPSA) is 80.3 Å². The smallest absolute Gasteiger partial charge is 0.258 e. The number of rotatable bonds is 9. The van der Waals surface area contributed by atoms with E-state index in [9.17, 15) is 9.59 Å². The highest BCUT2D eigenvalue weighted by atomic mass is 32.1. The average molecular weight is 371 g/mol. The van der Waals surface area contributed by atoms with Crippen LogP contribution in [0, 0.1) is 0 Å². The second kappa shape index (κ2) is 9.15. The molecule has 26 heavy (non-hydrogen) atoms. The minimum atomic E-state index is -0.139. The van der Waals surface area contributed by atoms with E-state index in [1.54, 1.807) is 11.6 Å². The normalized spacial score (nSPS) is 13.5. The first kappa shape index (κ1) is 18.1. The number of carbonyl (C=O) groups excluding carboxylic acids is 2. The molecule has 1 aromatic heterocycles. The molecular formula is C19H21N3O3S. The van der Waals surface area contributed by atoms with Crippen LogP contribution < -0.4 is 15.4 Å². The lowest BCUT2D eigenvalue weighted by Crippen LogP contribution is -2.30. The lowest BCUT2D eigenvalue weighted by molar-refractivity contribution is -0.123. The summed E-state index contributed by atoms with van der Waals surface area (Å²) >= 11 is 1.49. The molecule has 1 heterocycles. The molecule has 2 N–H and O–H groups in total. The van der Waals surface area contributed by atoms with Gasteiger partial charge in [0.25, 0.3) is 5.91 Å². The Bertz CT molecular complexity index is 753. The van der Waals surface area contributed by atoms with Crippen LogP contribution in [0.2, 0.25) is 0 Å². The van der Waals surface area contributed by atoms with Gasteiger partial charge in [0.15, 0.2) is 6.61 Å². The van der Waals surface area contributed by atoms with Crippen molar-refractivity contribution < 1.29 is 14.3 Å². The van der Waals surface area contributed by atoms with E-state index >= 15 is 0 Å². The molecular weight excluding hydrogens is 350 g/mol. The molecule has 0 bridgehead atoms. The summed E-state index contributed by atoms with van der Waals surface area (Å²) in [6.07, 6.45) is 6.03. The lowest BCUT2D eigenvalue weighted by Gasteiger charge is -2.08. The highest BCUT2D eigenvalue weighted by Gasteiger charge is 2.23. The van der Waals surface area contributed by atoms with Crippen molar-refractivity contribution in [3.8, 4) is 5.75 Å². The zero-order valence-electron chi connectivity index (χ0n) is 14.3. The number of nitrogens with zero attached hydrogens (tertiary/aromatic N) is 1. The van der Waals surface area contributed by atoms with Crippen LogP contribution in [0.4, 0.5) is 0 Å². The number of ether oxygens (including phenoxy) is 1. The summed E-state index contributed by atoms with van der Waals surface area (Å²) in [6, 6.07) is 7.89. The second-order valence-electron chi connectivity index (χ2n) is 6.06. The van der Waals surface area contributed by atoms with Gasteiger partial charge in [0.1, 0.15) is 5.75 Å². The summed E-state index contributed by atoms with van der Waals surface area (Å²) in [4.78, 5) is 27.4. The first-order valence-corrected chi connectivity index (χ1v) is 9.48. The fourth-order valence-corrected chi connectivity index (χ4v) is 2.77. The summed E-state index contributed by atoms with van der Waals surface area (Å²) in [5.41, 5.74) is 3.60. The number of nitrogens with one attached hydrogen (secondary N) is 2. The van der Waals surface area contributed by atoms with Crippen LogP contribution in [-0.2, 0) is 16.0 Å². The average Bonchev–Trinajstić information content (AvgIpc) is 3.30. The molecule has 1 aromatic carbocycles. The largest absolute Gasteiger partial charge is 0.484 e. The quantitative estimate of drug-likeness (QED) is 0.662. The van der Waals surface area contributed by atoms with Crippen LogP contribution in [0.1, 0.15) is 24.1 Å². The fraction of sp³-hybridized carbons (Fsp3) is 0.316. The van der Waals surface area contributed by atoms with Gasteiger partial charge >= 0.3 is 0 Å². The summed E-state index contributed by atoms with van der Waals surface area (Å²) in [5.74, 6) is 0.444. The maximum absolute atomic E-state index is 11.7. The van der Waals surface area contributed by atoms with Crippen molar-refractivity contribution in [2.45, 2.75) is 25.3 Å². The molecule has 0 unspecified atom stereocenters. The minimum Gasteiger partial charge on any atom is -0.484 e. The van der Waals surface area contributed by atoms with Crippen molar-refractivity contribution in [1.82, 2.24) is 15.6 Å². The molecule has 2 amide bonds. The molecule has 1 aliphatic carbocycles. The van der Waals surface area contributed by atoms with Gasteiger partial charge in [0.2, 0.25) is 5.91 Å². The zero-order chi connectivity index (χ0) is 18.2. The van der Waals surface area contributed by atoms with E-state index in [4.69, 9.17) is 4.74 Å². The first-order valence-electron chi connectivity index (χ1n) is 8.54. The molecule has 0 saturated heterocycles. The van der Waals surface area contributed by atoms with E-state index in [1.165, 1.54) is 17.4 Å². The fourth-order valence-electron chi connectivity index (χ4n) is 2.25. The van der Waals surface area contributed by atoms with E-state index in [-0.39, 0.29) is 18.4 Å². The lowest BCUT2D eigenvalue weighted by atomic mass is 10.1. The van der Waals surface area contributed by atoms with E-state index in [0.29, 0.717) is 18.3 Å². The summed E-state index contributed by atoms with van der Waals surface area (Å²) in [7, 11) is 0. The molecule has 1 saturated carbocycles. The SMILES string of the molecule is O=C(/C=C/c1cscn1)NCCc1ccc(OCC(=O)NC2CC2)cc1. The Hall–Kier alpha value is -2.67. The number of benzene rings is 1. The van der Waals surface area contributed by atoms with E-state index in [1.807, 2.05) is 29.6 Å². The third-order valence-corrected chi connectivity index (χ3v) is 4.41. The van der Waals surface area contributed by atoms with Gasteiger partial charge < -0.3 is 15.4 Å². The molecule has 0 aliphatic heterocycles. The molecule has 1 fully saturated rings. The number of hydrogen-bond donors (Lipinski definition) is 2. The highest BCUT2D eigenvalue weighted by molar-refractivity contribution is 7.07. The van der Waals surface area contributed by atoms with Crippen molar-refractivity contribution in [2.24, 2.45) is 0 Å². The van der Waals surface area contributed by atoms with Crippen molar-refractivity contribution in [3.63, 3.8) is 0 Å². The van der Waals surface area contributed by atoms with Crippen LogP contribution in [-0.4, -0.2) is 36.0 Å². The van der Waals surface area contributed by atoms with E-state index in [0.717, 1.165) is 30.5 Å². The predicted octanol–water partition coefficient (Wildman–Crippen LogP) is 2.17. The molecule has 0 atom stereocenters. The Morgan fingerprint density at radius 3 is 2.77 bits per heavy atom. The summed E-state index contributed by atoms with van der Waals surface area (Å²) in [5, 5.41) is 7.60. The monoisotopic (exact) mass is 371 g/mol. The van der Waals surface area contributed by atoms with Gasteiger partial charge in [-0.1, -0.05) is 12.1 Å². The second-order valence-corrected chi connectivity index (χ2v) is 6.78. The Morgan fingerprint density at radius 2 is 2.08 bits per heavy atom. The van der Waals surface area contributed by atoms with Gasteiger partial charge in [0.05, 0.1) is 11.2 Å². The molecule has 1 aliphatic rings. The van der Waals surface area contributed by atoms with Gasteiger partial charge in [-0.2, -0.15) is 0 Å². The number of thiazole rings is 1. The van der Waals surface area contributed by atoms with Crippen molar-refractivity contribution in [3.05, 3.63) is 52.5 Å². The van der Waals surface area contributed by atoms with Crippen LogP contribution in [0.5, 0.6) is 5.75 Å². The Labute approximate surface area is 156 Å². The summed E-state index contributed by atoms with van der Waals surface area (Å²) < 4.78 is 5.47. The number of amides is 2. The number of aromatic nitrogens is 1. The molecule has 2 aromatic rings. The van der Waals surface area contributed by atoms with Crippen LogP contribution in [0.3, 0.4) is 0 Å². The molecule has 0 spiro atoms. The van der Waals surface area contributed by atoms with Gasteiger partial charge in [-0.25, -0.2) is 4.98 Å². The Balaban J connectivity index is 1.34. The number of carbonyl (C=O) groups is 2.